The topological polar surface area (TPSA) is 30.7 Å². The van der Waals surface area contributed by atoms with Crippen LogP contribution in [0.2, 0.25) is 10.0 Å². The lowest BCUT2D eigenvalue weighted by atomic mass is 10.2. The number of aromatic nitrogens is 3. The van der Waals surface area contributed by atoms with Crippen LogP contribution in [0.3, 0.4) is 0 Å². The molecule has 3 nitrogen and oxygen atoms in total. The van der Waals surface area contributed by atoms with Gasteiger partial charge in [0.25, 0.3) is 0 Å². The molecule has 102 valence electrons. The lowest BCUT2D eigenvalue weighted by molar-refractivity contribution is 0.705. The molecular weight excluding hydrogens is 476 g/mol. The Morgan fingerprint density at radius 3 is 2.65 bits per heavy atom. The molecule has 2 heterocycles. The van der Waals surface area contributed by atoms with E-state index in [9.17, 15) is 0 Å². The van der Waals surface area contributed by atoms with Crippen molar-refractivity contribution in [3.05, 3.63) is 54.2 Å². The summed E-state index contributed by atoms with van der Waals surface area (Å²) >= 11 is 18.0. The second-order valence-electron chi connectivity index (χ2n) is 4.17. The minimum absolute atomic E-state index is 0.510. The van der Waals surface area contributed by atoms with E-state index in [2.05, 4.69) is 48.6 Å². The van der Waals surface area contributed by atoms with Gasteiger partial charge in [0.05, 0.1) is 12.1 Å². The smallest absolute Gasteiger partial charge is 0.149 e. The van der Waals surface area contributed by atoms with Crippen LogP contribution in [-0.2, 0) is 6.54 Å². The van der Waals surface area contributed by atoms with Crippen molar-refractivity contribution >= 4 is 72.8 Å². The van der Waals surface area contributed by atoms with Crippen LogP contribution in [0.15, 0.2) is 34.9 Å². The van der Waals surface area contributed by atoms with E-state index in [1.807, 2.05) is 28.9 Å². The second-order valence-corrected chi connectivity index (χ2v) is 6.92. The Morgan fingerprint density at radius 2 is 1.95 bits per heavy atom. The number of benzene rings is 1. The Labute approximate surface area is 147 Å². The van der Waals surface area contributed by atoms with Crippen molar-refractivity contribution in [3.8, 4) is 0 Å². The highest BCUT2D eigenvalue weighted by Crippen LogP contribution is 2.27. The van der Waals surface area contributed by atoms with E-state index >= 15 is 0 Å². The molecule has 0 N–H and O–H groups in total. The number of halogens is 4. The van der Waals surface area contributed by atoms with Gasteiger partial charge in [0, 0.05) is 26.3 Å². The van der Waals surface area contributed by atoms with Gasteiger partial charge in [-0.1, -0.05) is 29.3 Å². The highest BCUT2D eigenvalue weighted by molar-refractivity contribution is 14.1. The summed E-state index contributed by atoms with van der Waals surface area (Å²) in [6, 6.07) is 7.47. The molecule has 0 fully saturated rings. The summed E-state index contributed by atoms with van der Waals surface area (Å²) in [6.45, 7) is 0.510. The molecule has 0 saturated carbocycles. The highest BCUT2D eigenvalue weighted by atomic mass is 127. The summed E-state index contributed by atoms with van der Waals surface area (Å²) in [6.07, 6.45) is 1.76. The van der Waals surface area contributed by atoms with Gasteiger partial charge in [-0.25, -0.2) is 0 Å². The summed E-state index contributed by atoms with van der Waals surface area (Å²) in [7, 11) is 0. The van der Waals surface area contributed by atoms with Gasteiger partial charge in [0.15, 0.2) is 0 Å². The van der Waals surface area contributed by atoms with Crippen molar-refractivity contribution in [3.63, 3.8) is 0 Å². The molecule has 2 aromatic heterocycles. The number of fused-ring (bicyclic) bond motifs is 1. The minimum atomic E-state index is 0.510. The molecular formula is C13H7BrCl2IN3. The zero-order valence-electron chi connectivity index (χ0n) is 9.95. The van der Waals surface area contributed by atoms with Gasteiger partial charge in [-0.15, -0.1) is 0 Å². The highest BCUT2D eigenvalue weighted by Gasteiger charge is 2.13. The molecule has 3 rings (SSSR count). The number of rotatable bonds is 2. The Kier molecular flexibility index (Phi) is 4.21. The number of nitrogens with zero attached hydrogens (tertiary/aromatic N) is 3. The van der Waals surface area contributed by atoms with Gasteiger partial charge in [-0.3, -0.25) is 9.67 Å². The molecule has 0 aliphatic heterocycles. The molecule has 0 spiro atoms. The van der Waals surface area contributed by atoms with Gasteiger partial charge < -0.3 is 0 Å². The maximum absolute atomic E-state index is 6.22. The van der Waals surface area contributed by atoms with Crippen molar-refractivity contribution in [2.45, 2.75) is 6.54 Å². The van der Waals surface area contributed by atoms with E-state index < -0.39 is 0 Å². The standard InChI is InChI=1S/C13H7BrCl2IN3/c14-7-4-11-12(18-5-7)13(17)19-20(11)6-8-9(15)2-1-3-10(8)16/h1-5H,6H2. The van der Waals surface area contributed by atoms with Crippen LogP contribution in [0.4, 0.5) is 0 Å². The van der Waals surface area contributed by atoms with Crippen LogP contribution in [-0.4, -0.2) is 14.8 Å². The first-order valence-electron chi connectivity index (χ1n) is 5.66. The third-order valence-corrected chi connectivity index (χ3v) is 4.75. The van der Waals surface area contributed by atoms with E-state index in [1.165, 1.54) is 0 Å². The molecule has 7 heteroatoms. The Hall–Kier alpha value is -0.370. The molecule has 0 aliphatic rings. The monoisotopic (exact) mass is 481 g/mol. The van der Waals surface area contributed by atoms with Crippen LogP contribution in [0.5, 0.6) is 0 Å². The summed E-state index contributed by atoms with van der Waals surface area (Å²) in [5, 5.41) is 5.79. The van der Waals surface area contributed by atoms with Crippen LogP contribution in [0.1, 0.15) is 5.56 Å². The quantitative estimate of drug-likeness (QED) is 0.473. The minimum Gasteiger partial charge on any atom is -0.258 e. The van der Waals surface area contributed by atoms with Gasteiger partial charge in [-0.2, -0.15) is 5.10 Å². The summed E-state index contributed by atoms with van der Waals surface area (Å²) in [4.78, 5) is 4.38. The maximum Gasteiger partial charge on any atom is 0.149 e. The predicted octanol–water partition coefficient (Wildman–Crippen LogP) is 5.15. The van der Waals surface area contributed by atoms with Gasteiger partial charge in [0.1, 0.15) is 9.22 Å². The molecule has 20 heavy (non-hydrogen) atoms. The Balaban J connectivity index is 2.14. The van der Waals surface area contributed by atoms with Crippen LogP contribution in [0.25, 0.3) is 11.0 Å². The van der Waals surface area contributed by atoms with Crippen molar-refractivity contribution in [1.29, 1.82) is 0 Å². The maximum atomic E-state index is 6.22. The van der Waals surface area contributed by atoms with Crippen LogP contribution < -0.4 is 0 Å². The molecule has 0 radical (unpaired) electrons. The zero-order chi connectivity index (χ0) is 14.3. The fourth-order valence-electron chi connectivity index (χ4n) is 1.95. The summed E-state index contributed by atoms with van der Waals surface area (Å²) < 4.78 is 3.63. The third-order valence-electron chi connectivity index (χ3n) is 2.89. The zero-order valence-corrected chi connectivity index (χ0v) is 15.2. The van der Waals surface area contributed by atoms with Gasteiger partial charge in [-0.05, 0) is 56.7 Å². The van der Waals surface area contributed by atoms with Crippen molar-refractivity contribution < 1.29 is 0 Å². The fraction of sp³-hybridized carbons (Fsp3) is 0.0769. The lowest BCUT2D eigenvalue weighted by Gasteiger charge is -2.08. The molecule has 0 aliphatic carbocycles. The van der Waals surface area contributed by atoms with Crippen LogP contribution >= 0.6 is 61.7 Å². The van der Waals surface area contributed by atoms with Crippen LogP contribution in [0, 0.1) is 3.70 Å². The first-order chi connectivity index (χ1) is 9.56. The van der Waals surface area contributed by atoms with E-state index in [0.29, 0.717) is 16.6 Å². The van der Waals surface area contributed by atoms with Crippen molar-refractivity contribution in [1.82, 2.24) is 14.8 Å². The SMILES string of the molecule is Clc1cccc(Cl)c1Cn1nc(I)c2ncc(Br)cc21. The molecule has 0 amide bonds. The molecule has 0 bridgehead atoms. The normalized spacial score (nSPS) is 11.2. The van der Waals surface area contributed by atoms with E-state index in [4.69, 9.17) is 23.2 Å². The van der Waals surface area contributed by atoms with Crippen molar-refractivity contribution in [2.24, 2.45) is 0 Å². The Bertz CT molecular complexity index is 783. The lowest BCUT2D eigenvalue weighted by Crippen LogP contribution is -2.03. The summed E-state index contributed by atoms with van der Waals surface area (Å²) in [5.41, 5.74) is 2.67. The second kappa shape index (κ2) is 5.79. The molecule has 0 atom stereocenters. The molecule has 0 saturated heterocycles. The molecule has 3 aromatic rings. The Morgan fingerprint density at radius 1 is 1.25 bits per heavy atom. The first kappa shape index (κ1) is 14.6. The molecule has 1 aromatic carbocycles. The van der Waals surface area contributed by atoms with Gasteiger partial charge >= 0.3 is 0 Å². The number of pyridine rings is 1. The summed E-state index contributed by atoms with van der Waals surface area (Å²) in [5.74, 6) is 0. The van der Waals surface area contributed by atoms with E-state index in [1.54, 1.807) is 6.20 Å². The third kappa shape index (κ3) is 2.68. The van der Waals surface area contributed by atoms with Gasteiger partial charge in [0.2, 0.25) is 0 Å². The average molecular weight is 483 g/mol. The first-order valence-corrected chi connectivity index (χ1v) is 8.29. The fourth-order valence-corrected chi connectivity index (χ4v) is 3.46. The number of hydrogen-bond acceptors (Lipinski definition) is 2. The average Bonchev–Trinajstić information content (AvgIpc) is 2.70. The van der Waals surface area contributed by atoms with Crippen molar-refractivity contribution in [2.75, 3.05) is 0 Å². The molecule has 0 unspecified atom stereocenters. The largest absolute Gasteiger partial charge is 0.258 e. The number of hydrogen-bond donors (Lipinski definition) is 0. The van der Waals surface area contributed by atoms with E-state index in [0.717, 1.165) is 24.8 Å². The predicted molar refractivity (Wildman–Crippen MR) is 93.5 cm³/mol. The van der Waals surface area contributed by atoms with E-state index in [-0.39, 0.29) is 0 Å².